The van der Waals surface area contributed by atoms with E-state index in [1.807, 2.05) is 19.9 Å². The Labute approximate surface area is 149 Å². The van der Waals surface area contributed by atoms with E-state index in [0.29, 0.717) is 25.8 Å². The van der Waals surface area contributed by atoms with Crippen molar-refractivity contribution in [3.63, 3.8) is 0 Å². The smallest absolute Gasteiger partial charge is 0.239 e. The largest absolute Gasteiger partial charge is 0.378 e. The van der Waals surface area contributed by atoms with Crippen LogP contribution in [0.3, 0.4) is 0 Å². The number of rotatable bonds is 5. The Bertz CT molecular complexity index is 599. The molecule has 5 heteroatoms. The van der Waals surface area contributed by atoms with E-state index >= 15 is 0 Å². The van der Waals surface area contributed by atoms with Gasteiger partial charge in [0.05, 0.1) is 13.2 Å². The van der Waals surface area contributed by atoms with Gasteiger partial charge in [-0.2, -0.15) is 0 Å². The highest BCUT2D eigenvalue weighted by Gasteiger charge is 2.36. The summed E-state index contributed by atoms with van der Waals surface area (Å²) in [6.07, 6.45) is 4.86. The van der Waals surface area contributed by atoms with Gasteiger partial charge in [-0.25, -0.2) is 4.39 Å². The van der Waals surface area contributed by atoms with Crippen LogP contribution in [-0.2, 0) is 14.9 Å². The second kappa shape index (κ2) is 7.83. The van der Waals surface area contributed by atoms with E-state index in [0.717, 1.165) is 12.1 Å². The topological polar surface area (TPSA) is 41.6 Å². The molecule has 1 amide bonds. The van der Waals surface area contributed by atoms with Crippen LogP contribution in [-0.4, -0.2) is 49.2 Å². The summed E-state index contributed by atoms with van der Waals surface area (Å²) in [7, 11) is 0. The van der Waals surface area contributed by atoms with Gasteiger partial charge in [0, 0.05) is 24.5 Å². The van der Waals surface area contributed by atoms with Gasteiger partial charge in [0.2, 0.25) is 5.91 Å². The van der Waals surface area contributed by atoms with E-state index in [1.165, 1.54) is 31.7 Å². The molecule has 1 aromatic carbocycles. The molecule has 25 heavy (non-hydrogen) atoms. The van der Waals surface area contributed by atoms with Crippen molar-refractivity contribution in [3.8, 4) is 0 Å². The molecule has 1 N–H and O–H groups in total. The number of carbonyl (C=O) groups is 1. The molecule has 2 fully saturated rings. The minimum absolute atomic E-state index is 0.0241. The minimum Gasteiger partial charge on any atom is -0.378 e. The van der Waals surface area contributed by atoms with Crippen molar-refractivity contribution in [3.05, 3.63) is 35.6 Å². The first kappa shape index (κ1) is 18.3. The van der Waals surface area contributed by atoms with Gasteiger partial charge in [0.1, 0.15) is 11.9 Å². The molecule has 1 aliphatic heterocycles. The lowest BCUT2D eigenvalue weighted by atomic mass is 9.84. The van der Waals surface area contributed by atoms with E-state index < -0.39 is 0 Å². The van der Waals surface area contributed by atoms with Crippen molar-refractivity contribution in [1.82, 2.24) is 10.2 Å². The summed E-state index contributed by atoms with van der Waals surface area (Å²) in [5.41, 5.74) is 0.561. The Kier molecular flexibility index (Phi) is 5.74. The van der Waals surface area contributed by atoms with Crippen LogP contribution in [0.5, 0.6) is 0 Å². The molecule has 1 saturated carbocycles. The van der Waals surface area contributed by atoms with E-state index in [-0.39, 0.29) is 23.2 Å². The summed E-state index contributed by atoms with van der Waals surface area (Å²) in [4.78, 5) is 15.1. The molecule has 1 heterocycles. The van der Waals surface area contributed by atoms with Gasteiger partial charge in [-0.1, -0.05) is 38.8 Å². The Balaban J connectivity index is 1.62. The summed E-state index contributed by atoms with van der Waals surface area (Å²) in [6, 6.07) is 6.91. The number of hydrogen-bond donors (Lipinski definition) is 1. The quantitative estimate of drug-likeness (QED) is 0.890. The first-order valence-corrected chi connectivity index (χ1v) is 9.34. The third kappa shape index (κ3) is 4.39. The van der Waals surface area contributed by atoms with Crippen LogP contribution in [0.2, 0.25) is 0 Å². The van der Waals surface area contributed by atoms with Crippen LogP contribution in [0.15, 0.2) is 24.3 Å². The number of benzene rings is 1. The zero-order chi connectivity index (χ0) is 17.9. The van der Waals surface area contributed by atoms with E-state index in [2.05, 4.69) is 10.2 Å². The van der Waals surface area contributed by atoms with Crippen molar-refractivity contribution in [2.45, 2.75) is 57.0 Å². The number of amides is 1. The van der Waals surface area contributed by atoms with Gasteiger partial charge in [-0.15, -0.1) is 0 Å². The minimum atomic E-state index is -0.328. The summed E-state index contributed by atoms with van der Waals surface area (Å²) in [5, 5.41) is 3.08. The average Bonchev–Trinajstić information content (AvgIpc) is 3.14. The number of nitrogens with one attached hydrogen (secondary N) is 1. The summed E-state index contributed by atoms with van der Waals surface area (Å²) >= 11 is 0. The normalized spacial score (nSPS) is 22.9. The Hall–Kier alpha value is -1.46. The average molecular weight is 348 g/mol. The maximum Gasteiger partial charge on any atom is 0.239 e. The van der Waals surface area contributed by atoms with Crippen molar-refractivity contribution in [2.75, 3.05) is 26.3 Å². The molecule has 0 aromatic heterocycles. The Morgan fingerprint density at radius 3 is 2.84 bits per heavy atom. The Morgan fingerprint density at radius 1 is 1.36 bits per heavy atom. The number of nitrogens with zero attached hydrogens (tertiary/aromatic N) is 1. The highest BCUT2D eigenvalue weighted by molar-refractivity contribution is 5.82. The lowest BCUT2D eigenvalue weighted by Gasteiger charge is -2.39. The molecule has 1 aliphatic carbocycles. The summed E-state index contributed by atoms with van der Waals surface area (Å²) in [5.74, 6) is -0.221. The first-order chi connectivity index (χ1) is 12.0. The van der Waals surface area contributed by atoms with Gasteiger partial charge in [-0.05, 0) is 30.5 Å². The van der Waals surface area contributed by atoms with Crippen molar-refractivity contribution < 1.29 is 13.9 Å². The zero-order valence-electron chi connectivity index (χ0n) is 15.3. The molecule has 4 nitrogen and oxygen atoms in total. The maximum absolute atomic E-state index is 13.5. The number of morpholine rings is 1. The van der Waals surface area contributed by atoms with Gasteiger partial charge in [0.15, 0.2) is 0 Å². The fourth-order valence-electron chi connectivity index (χ4n) is 3.95. The van der Waals surface area contributed by atoms with E-state index in [4.69, 9.17) is 4.74 Å². The molecule has 138 valence electrons. The van der Waals surface area contributed by atoms with Crippen LogP contribution in [0.1, 0.15) is 45.1 Å². The van der Waals surface area contributed by atoms with Crippen molar-refractivity contribution in [1.29, 1.82) is 0 Å². The Morgan fingerprint density at radius 2 is 2.12 bits per heavy atom. The molecule has 1 saturated heterocycles. The first-order valence-electron chi connectivity index (χ1n) is 9.34. The number of carbonyl (C=O) groups excluding carboxylic acids is 1. The molecule has 0 bridgehead atoms. The third-order valence-electron chi connectivity index (χ3n) is 5.58. The van der Waals surface area contributed by atoms with Gasteiger partial charge >= 0.3 is 0 Å². The van der Waals surface area contributed by atoms with Crippen molar-refractivity contribution >= 4 is 5.91 Å². The van der Waals surface area contributed by atoms with Crippen LogP contribution in [0.4, 0.5) is 4.39 Å². The molecule has 3 rings (SSSR count). The van der Waals surface area contributed by atoms with Gasteiger partial charge in [0.25, 0.3) is 0 Å². The number of halogens is 1. The SMILES string of the molecule is CC(C)(CNC(=O)C1COCCN1C1CCCC1)c1cccc(F)c1. The monoisotopic (exact) mass is 348 g/mol. The van der Waals surface area contributed by atoms with Gasteiger partial charge in [-0.3, -0.25) is 9.69 Å². The summed E-state index contributed by atoms with van der Waals surface area (Å²) < 4.78 is 19.1. The van der Waals surface area contributed by atoms with Crippen LogP contribution in [0, 0.1) is 5.82 Å². The molecule has 1 atom stereocenters. The lowest BCUT2D eigenvalue weighted by molar-refractivity contribution is -0.134. The third-order valence-corrected chi connectivity index (χ3v) is 5.58. The highest BCUT2D eigenvalue weighted by atomic mass is 19.1. The molecule has 1 aromatic rings. The van der Waals surface area contributed by atoms with E-state index in [1.54, 1.807) is 12.1 Å². The fourth-order valence-corrected chi connectivity index (χ4v) is 3.95. The standard InChI is InChI=1S/C20H29FN2O2/c1-20(2,15-6-5-7-16(21)12-15)14-22-19(24)18-13-25-11-10-23(18)17-8-3-4-9-17/h5-7,12,17-18H,3-4,8-11,13-14H2,1-2H3,(H,22,24). The zero-order valence-corrected chi connectivity index (χ0v) is 15.3. The predicted octanol–water partition coefficient (Wildman–Crippen LogP) is 2.86. The molecule has 0 radical (unpaired) electrons. The number of ether oxygens (including phenoxy) is 1. The van der Waals surface area contributed by atoms with Crippen molar-refractivity contribution in [2.24, 2.45) is 0 Å². The van der Waals surface area contributed by atoms with Gasteiger partial charge < -0.3 is 10.1 Å². The fraction of sp³-hybridized carbons (Fsp3) is 0.650. The molecular weight excluding hydrogens is 319 g/mol. The molecule has 1 unspecified atom stereocenters. The molecule has 0 spiro atoms. The second-order valence-corrected chi connectivity index (χ2v) is 7.88. The summed E-state index contributed by atoms with van der Waals surface area (Å²) in [6.45, 7) is 6.51. The van der Waals surface area contributed by atoms with Crippen LogP contribution in [0.25, 0.3) is 0 Å². The van der Waals surface area contributed by atoms with Crippen LogP contribution >= 0.6 is 0 Å². The predicted molar refractivity (Wildman–Crippen MR) is 96.0 cm³/mol. The number of hydrogen-bond acceptors (Lipinski definition) is 3. The maximum atomic E-state index is 13.5. The second-order valence-electron chi connectivity index (χ2n) is 7.88. The highest BCUT2D eigenvalue weighted by Crippen LogP contribution is 2.27. The molecule has 2 aliphatic rings. The van der Waals surface area contributed by atoms with E-state index in [9.17, 15) is 9.18 Å². The molecular formula is C20H29FN2O2. The van der Waals surface area contributed by atoms with Crippen LogP contribution < -0.4 is 5.32 Å². The lowest BCUT2D eigenvalue weighted by Crippen LogP contribution is -2.57.